The molecule has 0 radical (unpaired) electrons. The predicted octanol–water partition coefficient (Wildman–Crippen LogP) is 4.82. The summed E-state index contributed by atoms with van der Waals surface area (Å²) in [5.41, 5.74) is 4.87. The molecule has 3 aromatic heterocycles. The van der Waals surface area contributed by atoms with Gasteiger partial charge in [0.1, 0.15) is 28.9 Å². The highest BCUT2D eigenvalue weighted by Crippen LogP contribution is 2.37. The van der Waals surface area contributed by atoms with Crippen molar-refractivity contribution in [2.75, 3.05) is 67.1 Å². The van der Waals surface area contributed by atoms with Crippen molar-refractivity contribution in [1.82, 2.24) is 29.4 Å². The van der Waals surface area contributed by atoms with Gasteiger partial charge in [0.15, 0.2) is 11.4 Å². The summed E-state index contributed by atoms with van der Waals surface area (Å²) < 4.78 is 16.0. The summed E-state index contributed by atoms with van der Waals surface area (Å²) in [4.78, 5) is 70.8. The molecule has 7 heterocycles. The maximum atomic E-state index is 14.1. The Morgan fingerprint density at radius 1 is 0.754 bits per heavy atom. The number of anilines is 3. The second kappa shape index (κ2) is 14.2. The van der Waals surface area contributed by atoms with Gasteiger partial charge in [0.2, 0.25) is 0 Å². The van der Waals surface area contributed by atoms with E-state index >= 15 is 0 Å². The van der Waals surface area contributed by atoms with E-state index in [4.69, 9.17) is 10.1 Å². The van der Waals surface area contributed by atoms with Crippen LogP contribution < -0.4 is 14.7 Å². The normalized spacial score (nSPS) is 21.9. The Labute approximate surface area is 328 Å². The molecule has 57 heavy (non-hydrogen) atoms. The SMILES string of the molecule is O=C1CCC(N2C(=O)c3ccc(N4CC(CN5CCN(c6cccc(-c7cnc8ccc(N9CCC[C@@H]9c9cccc(F)c9)nn78)n6)CC5)C4)cc3C2=O)C(=O)C1. The molecule has 0 spiro atoms. The molecular weight excluding hydrogens is 726 g/mol. The molecule has 1 unspecified atom stereocenters. The predicted molar refractivity (Wildman–Crippen MR) is 211 cm³/mol. The van der Waals surface area contributed by atoms with Crippen LogP contribution in [0.25, 0.3) is 17.0 Å². The first-order chi connectivity index (χ1) is 27.8. The Balaban J connectivity index is 0.755. The highest BCUT2D eigenvalue weighted by Gasteiger charge is 2.45. The zero-order valence-corrected chi connectivity index (χ0v) is 31.5. The summed E-state index contributed by atoms with van der Waals surface area (Å²) in [6.45, 7) is 7.08. The Bertz CT molecular complexity index is 2440. The topological polar surface area (TPSA) is 128 Å². The van der Waals surface area contributed by atoms with Crippen molar-refractivity contribution in [2.45, 2.75) is 44.2 Å². The Morgan fingerprint density at radius 3 is 2.40 bits per heavy atom. The molecule has 4 fully saturated rings. The molecule has 290 valence electrons. The highest BCUT2D eigenvalue weighted by atomic mass is 19.1. The number of carbonyl (C=O) groups excluding carboxylic acids is 4. The Hall–Kier alpha value is -6.02. The summed E-state index contributed by atoms with van der Waals surface area (Å²) in [6, 6.07) is 21.5. The van der Waals surface area contributed by atoms with E-state index < -0.39 is 17.9 Å². The molecule has 3 saturated heterocycles. The molecule has 2 aromatic carbocycles. The molecule has 10 rings (SSSR count). The second-order valence-corrected chi connectivity index (χ2v) is 15.9. The molecule has 14 heteroatoms. The first-order valence-electron chi connectivity index (χ1n) is 19.9. The number of fused-ring (bicyclic) bond motifs is 2. The molecular formula is C43H42FN9O4. The molecule has 13 nitrogen and oxygen atoms in total. The number of pyridine rings is 1. The van der Waals surface area contributed by atoms with Crippen LogP contribution in [-0.4, -0.2) is 111 Å². The lowest BCUT2D eigenvalue weighted by molar-refractivity contribution is -0.132. The molecule has 1 aliphatic carbocycles. The van der Waals surface area contributed by atoms with Crippen molar-refractivity contribution in [1.29, 1.82) is 0 Å². The zero-order chi connectivity index (χ0) is 38.8. The van der Waals surface area contributed by atoms with Crippen molar-refractivity contribution in [3.63, 3.8) is 0 Å². The minimum Gasteiger partial charge on any atom is -0.371 e. The standard InChI is InChI=1S/C43H42FN9O4/c44-29-5-1-4-28(20-29)35-7-3-15-51(35)41-14-13-39-45-23-37(53(39)47-41)34-6-2-8-40(46-34)49-18-16-48(17-19-49)24-27-25-50(26-27)30-9-11-32-33(21-30)43(57)52(42(32)56)36-12-10-31(54)22-38(36)55/h1-2,4-6,8-9,11,13-14,20-21,23,27,35-36H,3,7,10,12,15-19,22,24-26H2/t35-,36?/m1/s1. The first kappa shape index (κ1) is 35.4. The van der Waals surface area contributed by atoms with Crippen molar-refractivity contribution in [2.24, 2.45) is 5.92 Å². The van der Waals surface area contributed by atoms with Gasteiger partial charge in [-0.05, 0) is 79.4 Å². The summed E-state index contributed by atoms with van der Waals surface area (Å²) in [5, 5.41) is 5.03. The number of amides is 2. The van der Waals surface area contributed by atoms with E-state index in [0.717, 1.165) is 110 Å². The number of rotatable bonds is 8. The summed E-state index contributed by atoms with van der Waals surface area (Å²) >= 11 is 0. The number of benzene rings is 2. The first-order valence-corrected chi connectivity index (χ1v) is 19.9. The largest absolute Gasteiger partial charge is 0.371 e. The lowest BCUT2D eigenvalue weighted by atomic mass is 9.92. The van der Waals surface area contributed by atoms with E-state index in [-0.39, 0.29) is 42.7 Å². The molecule has 2 amide bonds. The van der Waals surface area contributed by atoms with Crippen LogP contribution in [0.4, 0.5) is 21.7 Å². The number of halogens is 1. The lowest BCUT2D eigenvalue weighted by Crippen LogP contribution is -2.55. The Kier molecular flexibility index (Phi) is 8.80. The van der Waals surface area contributed by atoms with Gasteiger partial charge in [0.05, 0.1) is 41.5 Å². The van der Waals surface area contributed by atoms with E-state index in [1.54, 1.807) is 24.3 Å². The van der Waals surface area contributed by atoms with Crippen LogP contribution in [0, 0.1) is 11.7 Å². The molecule has 4 aliphatic heterocycles. The number of imide groups is 1. The van der Waals surface area contributed by atoms with Crippen LogP contribution in [0.5, 0.6) is 0 Å². The van der Waals surface area contributed by atoms with Crippen molar-refractivity contribution in [3.05, 3.63) is 102 Å². The zero-order valence-electron chi connectivity index (χ0n) is 31.5. The van der Waals surface area contributed by atoms with Crippen LogP contribution in [0.15, 0.2) is 79.0 Å². The van der Waals surface area contributed by atoms with E-state index in [1.165, 1.54) is 6.07 Å². The number of nitrogens with zero attached hydrogens (tertiary/aromatic N) is 9. The van der Waals surface area contributed by atoms with Gasteiger partial charge in [0, 0.05) is 70.4 Å². The van der Waals surface area contributed by atoms with Crippen LogP contribution in [-0.2, 0) is 9.59 Å². The third-order valence-corrected chi connectivity index (χ3v) is 12.3. The average Bonchev–Trinajstić information content (AvgIpc) is 3.93. The van der Waals surface area contributed by atoms with Gasteiger partial charge in [-0.1, -0.05) is 18.2 Å². The lowest BCUT2D eigenvalue weighted by Gasteiger charge is -2.45. The number of hydrogen-bond donors (Lipinski definition) is 0. The van der Waals surface area contributed by atoms with Gasteiger partial charge in [0.25, 0.3) is 11.8 Å². The fourth-order valence-electron chi connectivity index (χ4n) is 9.32. The third kappa shape index (κ3) is 6.41. The summed E-state index contributed by atoms with van der Waals surface area (Å²) in [6.07, 6.45) is 3.95. The second-order valence-electron chi connectivity index (χ2n) is 15.9. The van der Waals surface area contributed by atoms with E-state index in [9.17, 15) is 23.6 Å². The molecule has 0 N–H and O–H groups in total. The van der Waals surface area contributed by atoms with Gasteiger partial charge in [-0.15, -0.1) is 5.10 Å². The molecule has 2 atom stereocenters. The van der Waals surface area contributed by atoms with Crippen molar-refractivity contribution in [3.8, 4) is 11.4 Å². The van der Waals surface area contributed by atoms with Gasteiger partial charge >= 0.3 is 0 Å². The molecule has 5 aromatic rings. The number of aromatic nitrogens is 4. The van der Waals surface area contributed by atoms with Gasteiger partial charge < -0.3 is 14.7 Å². The maximum Gasteiger partial charge on any atom is 0.262 e. The molecule has 0 bridgehead atoms. The van der Waals surface area contributed by atoms with Crippen LogP contribution in [0.3, 0.4) is 0 Å². The van der Waals surface area contributed by atoms with Crippen LogP contribution in [0.2, 0.25) is 0 Å². The monoisotopic (exact) mass is 767 g/mol. The maximum absolute atomic E-state index is 14.1. The highest BCUT2D eigenvalue weighted by molar-refractivity contribution is 6.24. The van der Waals surface area contributed by atoms with Crippen LogP contribution >= 0.6 is 0 Å². The number of carbonyl (C=O) groups is 4. The van der Waals surface area contributed by atoms with E-state index in [0.29, 0.717) is 17.0 Å². The van der Waals surface area contributed by atoms with Crippen molar-refractivity contribution < 1.29 is 23.6 Å². The van der Waals surface area contributed by atoms with E-state index in [1.807, 2.05) is 47.1 Å². The quantitative estimate of drug-likeness (QED) is 0.159. The van der Waals surface area contributed by atoms with Crippen molar-refractivity contribution >= 4 is 46.4 Å². The Morgan fingerprint density at radius 2 is 1.58 bits per heavy atom. The number of imidazole rings is 1. The van der Waals surface area contributed by atoms with Crippen LogP contribution in [0.1, 0.15) is 64.4 Å². The fourth-order valence-corrected chi connectivity index (χ4v) is 9.32. The van der Waals surface area contributed by atoms with Gasteiger partial charge in [-0.2, -0.15) is 0 Å². The number of piperazine rings is 1. The van der Waals surface area contributed by atoms with Gasteiger partial charge in [-0.3, -0.25) is 29.0 Å². The third-order valence-electron chi connectivity index (χ3n) is 12.3. The molecule has 1 saturated carbocycles. The smallest absolute Gasteiger partial charge is 0.262 e. The number of ketones is 2. The summed E-state index contributed by atoms with van der Waals surface area (Å²) in [7, 11) is 0. The van der Waals surface area contributed by atoms with E-state index in [2.05, 4.69) is 30.6 Å². The summed E-state index contributed by atoms with van der Waals surface area (Å²) in [5.74, 6) is 0.608. The molecule has 5 aliphatic rings. The number of hydrogen-bond acceptors (Lipinski definition) is 11. The number of Topliss-reactive ketones (excluding diaryl/α,β-unsaturated/α-hetero) is 2. The van der Waals surface area contributed by atoms with Gasteiger partial charge in [-0.25, -0.2) is 18.9 Å². The average molecular weight is 768 g/mol. The fraction of sp³-hybridized carbons (Fsp3) is 0.372. The minimum absolute atomic E-state index is 0.0639. The minimum atomic E-state index is -0.862.